The lowest BCUT2D eigenvalue weighted by molar-refractivity contribution is 0.437. The molecule has 18 heavy (non-hydrogen) atoms. The molecule has 0 spiro atoms. The fourth-order valence-corrected chi connectivity index (χ4v) is 5.94. The topological polar surface area (TPSA) is 12.9 Å². The Morgan fingerprint density at radius 1 is 1.22 bits per heavy atom. The van der Waals surface area contributed by atoms with Crippen LogP contribution in [0, 0.1) is 29.6 Å². The zero-order chi connectivity index (χ0) is 12.3. The van der Waals surface area contributed by atoms with E-state index in [-0.39, 0.29) is 0 Å². The van der Waals surface area contributed by atoms with Crippen LogP contribution in [0.3, 0.4) is 0 Å². The SMILES string of the molecule is CC(c1ccccn1)C(Br)C1C2C3CCC(C3)C21. The summed E-state index contributed by atoms with van der Waals surface area (Å²) in [6.45, 7) is 2.33. The van der Waals surface area contributed by atoms with Crippen molar-refractivity contribution < 1.29 is 0 Å². The molecule has 1 nitrogen and oxygen atoms in total. The molecular weight excluding hydrogens is 286 g/mol. The zero-order valence-corrected chi connectivity index (χ0v) is 12.4. The molecule has 4 rings (SSSR count). The lowest BCUT2D eigenvalue weighted by Crippen LogP contribution is -2.17. The highest BCUT2D eigenvalue weighted by Gasteiger charge is 2.66. The maximum atomic E-state index is 4.53. The van der Waals surface area contributed by atoms with Gasteiger partial charge in [0.1, 0.15) is 0 Å². The number of hydrogen-bond donors (Lipinski definition) is 0. The van der Waals surface area contributed by atoms with Crippen molar-refractivity contribution in [1.82, 2.24) is 4.98 Å². The van der Waals surface area contributed by atoms with Gasteiger partial charge in [0.2, 0.25) is 0 Å². The minimum atomic E-state index is 0.543. The monoisotopic (exact) mass is 305 g/mol. The number of hydrogen-bond acceptors (Lipinski definition) is 1. The molecular formula is C16H20BrN. The molecule has 3 aliphatic rings. The molecule has 0 saturated heterocycles. The average Bonchev–Trinajstić information content (AvgIpc) is 2.85. The molecule has 1 aromatic heterocycles. The van der Waals surface area contributed by atoms with E-state index in [1.54, 1.807) is 6.42 Å². The Morgan fingerprint density at radius 2 is 1.94 bits per heavy atom. The van der Waals surface area contributed by atoms with E-state index in [0.29, 0.717) is 10.7 Å². The normalized spacial score (nSPS) is 43.6. The van der Waals surface area contributed by atoms with Gasteiger partial charge in [0.15, 0.2) is 0 Å². The molecule has 0 aliphatic heterocycles. The molecule has 0 radical (unpaired) electrons. The average molecular weight is 306 g/mol. The highest BCUT2D eigenvalue weighted by Crippen LogP contribution is 2.71. The summed E-state index contributed by atoms with van der Waals surface area (Å²) in [5, 5.41) is 0. The van der Waals surface area contributed by atoms with Gasteiger partial charge >= 0.3 is 0 Å². The number of alkyl halides is 1. The maximum Gasteiger partial charge on any atom is 0.0443 e. The minimum Gasteiger partial charge on any atom is -0.261 e. The molecule has 3 fully saturated rings. The van der Waals surface area contributed by atoms with E-state index >= 15 is 0 Å². The van der Waals surface area contributed by atoms with E-state index in [4.69, 9.17) is 0 Å². The van der Waals surface area contributed by atoms with Gasteiger partial charge in [-0.1, -0.05) is 28.9 Å². The Bertz CT molecular complexity index is 430. The maximum absolute atomic E-state index is 4.53. The lowest BCUT2D eigenvalue weighted by Gasteiger charge is -2.21. The number of fused-ring (bicyclic) bond motifs is 5. The van der Waals surface area contributed by atoms with E-state index in [9.17, 15) is 0 Å². The molecule has 0 N–H and O–H groups in total. The van der Waals surface area contributed by atoms with Crippen molar-refractivity contribution in [3.63, 3.8) is 0 Å². The summed E-state index contributed by atoms with van der Waals surface area (Å²) in [6, 6.07) is 6.28. The predicted octanol–water partition coefficient (Wildman–Crippen LogP) is 4.24. The van der Waals surface area contributed by atoms with Crippen molar-refractivity contribution in [2.24, 2.45) is 29.6 Å². The Labute approximate surface area is 118 Å². The smallest absolute Gasteiger partial charge is 0.0443 e. The third-order valence-electron chi connectivity index (χ3n) is 5.79. The van der Waals surface area contributed by atoms with E-state index in [0.717, 1.165) is 29.6 Å². The van der Waals surface area contributed by atoms with Crippen molar-refractivity contribution in [3.8, 4) is 0 Å². The first-order valence-electron chi connectivity index (χ1n) is 7.32. The first kappa shape index (κ1) is 11.5. The van der Waals surface area contributed by atoms with Gasteiger partial charge in [-0.05, 0) is 61.0 Å². The Balaban J connectivity index is 1.50. The second kappa shape index (κ2) is 4.06. The van der Waals surface area contributed by atoms with Crippen LogP contribution in [0.15, 0.2) is 24.4 Å². The van der Waals surface area contributed by atoms with Gasteiger partial charge < -0.3 is 0 Å². The van der Waals surface area contributed by atoms with Crippen molar-refractivity contribution in [2.45, 2.75) is 36.9 Å². The van der Waals surface area contributed by atoms with Gasteiger partial charge in [-0.15, -0.1) is 0 Å². The first-order chi connectivity index (χ1) is 8.77. The number of aromatic nitrogens is 1. The Morgan fingerprint density at radius 3 is 2.56 bits per heavy atom. The van der Waals surface area contributed by atoms with Gasteiger partial charge in [0.25, 0.3) is 0 Å². The molecule has 3 aliphatic carbocycles. The number of nitrogens with zero attached hydrogens (tertiary/aromatic N) is 1. The minimum absolute atomic E-state index is 0.543. The molecule has 2 heteroatoms. The van der Waals surface area contributed by atoms with Crippen molar-refractivity contribution in [2.75, 3.05) is 0 Å². The van der Waals surface area contributed by atoms with Crippen LogP contribution in [0.2, 0.25) is 0 Å². The van der Waals surface area contributed by atoms with Crippen molar-refractivity contribution in [1.29, 1.82) is 0 Å². The van der Waals surface area contributed by atoms with E-state index in [1.807, 2.05) is 12.3 Å². The molecule has 6 unspecified atom stereocenters. The Kier molecular flexibility index (Phi) is 2.58. The summed E-state index contributed by atoms with van der Waals surface area (Å²) in [5.41, 5.74) is 1.25. The van der Waals surface area contributed by atoms with Gasteiger partial charge in [0.05, 0.1) is 0 Å². The molecule has 2 bridgehead atoms. The summed E-state index contributed by atoms with van der Waals surface area (Å²) >= 11 is 4.01. The van der Waals surface area contributed by atoms with Gasteiger partial charge in [0, 0.05) is 22.6 Å². The van der Waals surface area contributed by atoms with Crippen LogP contribution in [0.4, 0.5) is 0 Å². The van der Waals surface area contributed by atoms with E-state index in [1.165, 1.54) is 18.5 Å². The highest BCUT2D eigenvalue weighted by molar-refractivity contribution is 9.09. The quantitative estimate of drug-likeness (QED) is 0.761. The lowest BCUT2D eigenvalue weighted by atomic mass is 9.93. The molecule has 6 atom stereocenters. The second-order valence-electron chi connectivity index (χ2n) is 6.55. The molecule has 0 aromatic carbocycles. The van der Waals surface area contributed by atoms with Gasteiger partial charge in [-0.3, -0.25) is 4.98 Å². The number of pyridine rings is 1. The third-order valence-corrected chi connectivity index (χ3v) is 7.20. The summed E-state index contributed by atoms with van der Waals surface area (Å²) in [6.07, 6.45) is 6.49. The molecule has 0 amide bonds. The number of halogens is 1. The zero-order valence-electron chi connectivity index (χ0n) is 10.8. The van der Waals surface area contributed by atoms with Crippen molar-refractivity contribution >= 4 is 15.9 Å². The summed E-state index contributed by atoms with van der Waals surface area (Å²) in [5.74, 6) is 5.73. The largest absolute Gasteiger partial charge is 0.261 e. The van der Waals surface area contributed by atoms with Crippen molar-refractivity contribution in [3.05, 3.63) is 30.1 Å². The van der Waals surface area contributed by atoms with E-state index < -0.39 is 0 Å². The molecule has 1 aromatic rings. The standard InChI is InChI=1S/C16H20BrN/c1-9(12-4-2-3-7-18-12)16(17)15-13-10-5-6-11(8-10)14(13)15/h2-4,7,9-11,13-16H,5-6,8H2,1H3. The first-order valence-corrected chi connectivity index (χ1v) is 8.24. The molecule has 3 saturated carbocycles. The fourth-order valence-electron chi connectivity index (χ4n) is 4.96. The summed E-state index contributed by atoms with van der Waals surface area (Å²) in [7, 11) is 0. The van der Waals surface area contributed by atoms with Gasteiger partial charge in [-0.25, -0.2) is 0 Å². The van der Waals surface area contributed by atoms with Crippen LogP contribution in [-0.2, 0) is 0 Å². The van der Waals surface area contributed by atoms with E-state index in [2.05, 4.69) is 40.0 Å². The second-order valence-corrected chi connectivity index (χ2v) is 7.61. The van der Waals surface area contributed by atoms with Gasteiger partial charge in [-0.2, -0.15) is 0 Å². The summed E-state index contributed by atoms with van der Waals surface area (Å²) in [4.78, 5) is 5.16. The van der Waals surface area contributed by atoms with Crippen LogP contribution in [0.5, 0.6) is 0 Å². The van der Waals surface area contributed by atoms with Crippen LogP contribution < -0.4 is 0 Å². The Hall–Kier alpha value is -0.370. The van der Waals surface area contributed by atoms with Crippen LogP contribution >= 0.6 is 15.9 Å². The number of rotatable bonds is 3. The molecule has 96 valence electrons. The van der Waals surface area contributed by atoms with Crippen LogP contribution in [0.1, 0.15) is 37.8 Å². The highest BCUT2D eigenvalue weighted by atomic mass is 79.9. The molecule has 1 heterocycles. The fraction of sp³-hybridized carbons (Fsp3) is 0.688. The van der Waals surface area contributed by atoms with Crippen LogP contribution in [-0.4, -0.2) is 9.81 Å². The van der Waals surface area contributed by atoms with Crippen LogP contribution in [0.25, 0.3) is 0 Å². The third kappa shape index (κ3) is 1.54. The summed E-state index contributed by atoms with van der Waals surface area (Å²) < 4.78 is 0. The predicted molar refractivity (Wildman–Crippen MR) is 76.7 cm³/mol.